The summed E-state index contributed by atoms with van der Waals surface area (Å²) in [5, 5.41) is 30.2. The minimum atomic E-state index is -1.11. The molecule has 24 heavy (non-hydrogen) atoms. The molecule has 2 atom stereocenters. The summed E-state index contributed by atoms with van der Waals surface area (Å²) in [6.07, 6.45) is 0.789. The van der Waals surface area contributed by atoms with Gasteiger partial charge in [-0.15, -0.1) is 0 Å². The lowest BCUT2D eigenvalue weighted by Crippen LogP contribution is -2.64. The van der Waals surface area contributed by atoms with Crippen molar-refractivity contribution in [1.29, 1.82) is 0 Å². The minimum Gasteiger partial charge on any atom is -0.478 e. The Balaban J connectivity index is 1.67. The molecule has 0 aliphatic carbocycles. The molecule has 1 aromatic carbocycles. The number of hydrogen-bond donors (Lipinski definition) is 3. The van der Waals surface area contributed by atoms with Crippen LogP contribution in [0.5, 0.6) is 0 Å². The SMILES string of the molecule is C[C@@]1(O)CCOC2(CCN(Cc3ccccc3C(=O)O)CC2)[C@H]1O. The molecule has 0 aromatic heterocycles. The fourth-order valence-electron chi connectivity index (χ4n) is 3.86. The van der Waals surface area contributed by atoms with Crippen LogP contribution in [0.25, 0.3) is 0 Å². The number of hydrogen-bond acceptors (Lipinski definition) is 5. The van der Waals surface area contributed by atoms with Gasteiger partial charge in [0.05, 0.1) is 23.4 Å². The zero-order valence-corrected chi connectivity index (χ0v) is 13.9. The Labute approximate surface area is 141 Å². The van der Waals surface area contributed by atoms with Gasteiger partial charge in [0.25, 0.3) is 0 Å². The van der Waals surface area contributed by atoms with Crippen LogP contribution in [-0.2, 0) is 11.3 Å². The first kappa shape index (κ1) is 17.4. The number of rotatable bonds is 3. The Hall–Kier alpha value is -1.47. The van der Waals surface area contributed by atoms with Gasteiger partial charge in [0.1, 0.15) is 6.10 Å². The number of ether oxygens (including phenoxy) is 1. The van der Waals surface area contributed by atoms with Gasteiger partial charge in [-0.2, -0.15) is 0 Å². The fraction of sp³-hybridized carbons (Fsp3) is 0.611. The maximum absolute atomic E-state index is 11.3. The van der Waals surface area contributed by atoms with E-state index in [0.29, 0.717) is 51.1 Å². The van der Waals surface area contributed by atoms with E-state index in [1.807, 2.05) is 12.1 Å². The summed E-state index contributed by atoms with van der Waals surface area (Å²) in [5.74, 6) is -0.916. The van der Waals surface area contributed by atoms with Crippen molar-refractivity contribution in [3.8, 4) is 0 Å². The highest BCUT2D eigenvalue weighted by Gasteiger charge is 2.52. The molecule has 0 amide bonds. The van der Waals surface area contributed by atoms with Crippen molar-refractivity contribution in [1.82, 2.24) is 4.90 Å². The molecule has 3 rings (SSSR count). The third-order valence-electron chi connectivity index (χ3n) is 5.43. The zero-order chi connectivity index (χ0) is 17.4. The van der Waals surface area contributed by atoms with Crippen LogP contribution in [0.2, 0.25) is 0 Å². The summed E-state index contributed by atoms with van der Waals surface area (Å²) in [5.41, 5.74) is -0.686. The first-order chi connectivity index (χ1) is 11.3. The van der Waals surface area contributed by atoms with Gasteiger partial charge in [-0.1, -0.05) is 18.2 Å². The average Bonchev–Trinajstić information content (AvgIpc) is 2.55. The van der Waals surface area contributed by atoms with Crippen molar-refractivity contribution < 1.29 is 24.9 Å². The molecule has 1 spiro atoms. The summed E-state index contributed by atoms with van der Waals surface area (Å²) >= 11 is 0. The molecule has 0 unspecified atom stereocenters. The van der Waals surface area contributed by atoms with Crippen molar-refractivity contribution in [2.75, 3.05) is 19.7 Å². The van der Waals surface area contributed by atoms with Gasteiger partial charge in [0, 0.05) is 26.1 Å². The Bertz CT molecular complexity index is 607. The highest BCUT2D eigenvalue weighted by molar-refractivity contribution is 5.89. The number of aliphatic hydroxyl groups excluding tert-OH is 1. The van der Waals surface area contributed by atoms with E-state index in [2.05, 4.69) is 4.90 Å². The number of benzene rings is 1. The Morgan fingerprint density at radius 2 is 1.96 bits per heavy atom. The Kier molecular flexibility index (Phi) is 4.66. The molecule has 0 bridgehead atoms. The van der Waals surface area contributed by atoms with Crippen LogP contribution < -0.4 is 0 Å². The average molecular weight is 335 g/mol. The van der Waals surface area contributed by atoms with E-state index in [1.54, 1.807) is 19.1 Å². The third kappa shape index (κ3) is 3.19. The molecule has 3 N–H and O–H groups in total. The maximum atomic E-state index is 11.3. The number of piperidine rings is 1. The second-order valence-electron chi connectivity index (χ2n) is 7.16. The predicted molar refractivity (Wildman–Crippen MR) is 87.8 cm³/mol. The first-order valence-electron chi connectivity index (χ1n) is 8.42. The molecule has 2 fully saturated rings. The highest BCUT2D eigenvalue weighted by Crippen LogP contribution is 2.40. The molecule has 2 aliphatic rings. The largest absolute Gasteiger partial charge is 0.478 e. The second-order valence-corrected chi connectivity index (χ2v) is 7.16. The fourth-order valence-corrected chi connectivity index (χ4v) is 3.86. The number of nitrogens with zero attached hydrogens (tertiary/aromatic N) is 1. The van der Waals surface area contributed by atoms with E-state index in [1.165, 1.54) is 0 Å². The Morgan fingerprint density at radius 1 is 1.29 bits per heavy atom. The van der Waals surface area contributed by atoms with Crippen LogP contribution in [0.1, 0.15) is 42.1 Å². The summed E-state index contributed by atoms with van der Waals surface area (Å²) in [6, 6.07) is 7.03. The summed E-state index contributed by atoms with van der Waals surface area (Å²) in [7, 11) is 0. The first-order valence-corrected chi connectivity index (χ1v) is 8.42. The molecular formula is C18H25NO5. The molecule has 1 aromatic rings. The van der Waals surface area contributed by atoms with Crippen molar-refractivity contribution >= 4 is 5.97 Å². The van der Waals surface area contributed by atoms with Gasteiger partial charge in [0.15, 0.2) is 0 Å². The monoisotopic (exact) mass is 335 g/mol. The van der Waals surface area contributed by atoms with E-state index in [0.717, 1.165) is 5.56 Å². The highest BCUT2D eigenvalue weighted by atomic mass is 16.5. The lowest BCUT2D eigenvalue weighted by Gasteiger charge is -2.51. The van der Waals surface area contributed by atoms with Crippen molar-refractivity contribution in [2.45, 2.75) is 50.0 Å². The van der Waals surface area contributed by atoms with Crippen molar-refractivity contribution in [3.05, 3.63) is 35.4 Å². The molecule has 132 valence electrons. The molecule has 0 radical (unpaired) electrons. The lowest BCUT2D eigenvalue weighted by atomic mass is 9.75. The Morgan fingerprint density at radius 3 is 2.62 bits per heavy atom. The van der Waals surface area contributed by atoms with Crippen LogP contribution >= 0.6 is 0 Å². The van der Waals surface area contributed by atoms with Gasteiger partial charge < -0.3 is 20.1 Å². The standard InChI is InChI=1S/C18H25NO5/c1-17(23)8-11-24-18(16(17)22)6-9-19(10-7-18)12-13-4-2-3-5-14(13)15(20)21/h2-5,16,22-23H,6-12H2,1H3,(H,20,21)/t16-,17+/m0/s1. The van der Waals surface area contributed by atoms with Crippen LogP contribution in [0.15, 0.2) is 24.3 Å². The van der Waals surface area contributed by atoms with Crippen LogP contribution in [0.3, 0.4) is 0 Å². The quantitative estimate of drug-likeness (QED) is 0.770. The molecule has 6 nitrogen and oxygen atoms in total. The molecule has 6 heteroatoms. The summed E-state index contributed by atoms with van der Waals surface area (Å²) < 4.78 is 5.88. The maximum Gasteiger partial charge on any atom is 0.336 e. The zero-order valence-electron chi connectivity index (χ0n) is 13.9. The van der Waals surface area contributed by atoms with E-state index in [9.17, 15) is 20.1 Å². The normalized spacial score (nSPS) is 30.4. The van der Waals surface area contributed by atoms with Gasteiger partial charge in [-0.3, -0.25) is 4.90 Å². The van der Waals surface area contributed by atoms with Crippen LogP contribution in [0, 0.1) is 0 Å². The number of aliphatic hydroxyl groups is 2. The number of likely N-dealkylation sites (tertiary alicyclic amines) is 1. The van der Waals surface area contributed by atoms with Gasteiger partial charge in [-0.05, 0) is 31.4 Å². The second kappa shape index (κ2) is 6.44. The number of carboxylic acid groups (broad SMARTS) is 1. The molecule has 0 saturated carbocycles. The van der Waals surface area contributed by atoms with Gasteiger partial charge >= 0.3 is 5.97 Å². The molecule has 2 saturated heterocycles. The van der Waals surface area contributed by atoms with Crippen molar-refractivity contribution in [3.63, 3.8) is 0 Å². The number of carboxylic acids is 1. The third-order valence-corrected chi connectivity index (χ3v) is 5.43. The molecular weight excluding hydrogens is 310 g/mol. The van der Waals surface area contributed by atoms with Gasteiger partial charge in [-0.25, -0.2) is 4.79 Å². The van der Waals surface area contributed by atoms with Crippen molar-refractivity contribution in [2.24, 2.45) is 0 Å². The van der Waals surface area contributed by atoms with E-state index < -0.39 is 23.3 Å². The van der Waals surface area contributed by atoms with Crippen LogP contribution in [-0.4, -0.2) is 63.2 Å². The molecule has 2 aliphatic heterocycles. The van der Waals surface area contributed by atoms with E-state index in [-0.39, 0.29) is 0 Å². The predicted octanol–water partition coefficient (Wildman–Crippen LogP) is 1.25. The van der Waals surface area contributed by atoms with Gasteiger partial charge in [0.2, 0.25) is 0 Å². The molecule has 2 heterocycles. The summed E-state index contributed by atoms with van der Waals surface area (Å²) in [4.78, 5) is 13.5. The van der Waals surface area contributed by atoms with E-state index >= 15 is 0 Å². The minimum absolute atomic E-state index is 0.328. The number of aromatic carboxylic acids is 1. The topological polar surface area (TPSA) is 90.2 Å². The number of carbonyl (C=O) groups is 1. The smallest absolute Gasteiger partial charge is 0.336 e. The van der Waals surface area contributed by atoms with Crippen LogP contribution in [0.4, 0.5) is 0 Å². The summed E-state index contributed by atoms with van der Waals surface area (Å²) in [6.45, 7) is 4.07. The lowest BCUT2D eigenvalue weighted by molar-refractivity contribution is -0.246. The van der Waals surface area contributed by atoms with E-state index in [4.69, 9.17) is 4.74 Å².